The maximum Gasteiger partial charge on any atom is 0.319 e. The Balaban J connectivity index is 3.81. The number of halogens is 1. The number of rotatable bonds is 7. The van der Waals surface area contributed by atoms with Crippen LogP contribution in [0.5, 0.6) is 0 Å². The van der Waals surface area contributed by atoms with Gasteiger partial charge in [0.05, 0.1) is 18.1 Å². The van der Waals surface area contributed by atoms with Crippen LogP contribution < -0.4 is 5.32 Å². The summed E-state index contributed by atoms with van der Waals surface area (Å²) in [5.74, 6) is -0.213. The topological polar surface area (TPSA) is 72.5 Å². The van der Waals surface area contributed by atoms with Gasteiger partial charge in [-0.15, -0.1) is 0 Å². The van der Waals surface area contributed by atoms with E-state index in [0.29, 0.717) is 13.1 Å². The number of carbonyl (C=O) groups is 1. The van der Waals surface area contributed by atoms with Crippen molar-refractivity contribution in [3.63, 3.8) is 0 Å². The molecule has 16 heavy (non-hydrogen) atoms. The second-order valence-corrected chi connectivity index (χ2v) is 7.79. The highest BCUT2D eigenvalue weighted by Gasteiger charge is 2.17. The van der Waals surface area contributed by atoms with Gasteiger partial charge in [-0.05, 0) is 13.8 Å². The molecule has 0 aromatic heterocycles. The number of nitrogens with one attached hydrogen (secondary N) is 1. The van der Waals surface area contributed by atoms with E-state index in [0.717, 1.165) is 0 Å². The third kappa shape index (κ3) is 6.00. The molecular weight excluding hydrogens is 345 g/mol. The first kappa shape index (κ1) is 16.1. The van der Waals surface area contributed by atoms with E-state index < -0.39 is 9.84 Å². The Labute approximate surface area is 110 Å². The minimum absolute atomic E-state index is 0.0925. The van der Waals surface area contributed by atoms with Crippen LogP contribution in [-0.2, 0) is 19.4 Å². The van der Waals surface area contributed by atoms with Gasteiger partial charge in [0, 0.05) is 13.1 Å². The lowest BCUT2D eigenvalue weighted by Crippen LogP contribution is -2.33. The van der Waals surface area contributed by atoms with Gasteiger partial charge in [-0.25, -0.2) is 8.42 Å². The zero-order chi connectivity index (χ0) is 12.8. The van der Waals surface area contributed by atoms with Gasteiger partial charge in [0.1, 0.15) is 3.92 Å². The van der Waals surface area contributed by atoms with E-state index in [1.54, 1.807) is 13.8 Å². The van der Waals surface area contributed by atoms with Gasteiger partial charge in [0.25, 0.3) is 0 Å². The lowest BCUT2D eigenvalue weighted by atomic mass is 10.4. The average molecular weight is 363 g/mol. The maximum absolute atomic E-state index is 11.4. The number of ether oxygens (including phenoxy) is 1. The van der Waals surface area contributed by atoms with Gasteiger partial charge in [-0.3, -0.25) is 4.79 Å². The molecule has 0 aromatic rings. The molecule has 0 bridgehead atoms. The average Bonchev–Trinajstić information content (AvgIpc) is 2.22. The molecule has 0 saturated heterocycles. The van der Waals surface area contributed by atoms with Gasteiger partial charge >= 0.3 is 5.97 Å². The Morgan fingerprint density at radius 1 is 1.44 bits per heavy atom. The fourth-order valence-electron chi connectivity index (χ4n) is 0.890. The maximum atomic E-state index is 11.4. The van der Waals surface area contributed by atoms with Crippen LogP contribution in [-0.4, -0.2) is 49.5 Å². The van der Waals surface area contributed by atoms with Crippen LogP contribution in [0.25, 0.3) is 0 Å². The summed E-state index contributed by atoms with van der Waals surface area (Å²) in [5, 5.41) is 2.57. The first-order valence-corrected chi connectivity index (χ1v) is 7.91. The molecule has 0 aliphatic heterocycles. The molecule has 0 saturated carbocycles. The molecule has 1 unspecified atom stereocenters. The lowest BCUT2D eigenvalue weighted by molar-refractivity contribution is -0.139. The van der Waals surface area contributed by atoms with Gasteiger partial charge in [0.2, 0.25) is 0 Å². The number of sulfone groups is 1. The quantitative estimate of drug-likeness (QED) is 0.306. The van der Waals surface area contributed by atoms with Crippen molar-refractivity contribution in [2.45, 2.75) is 23.0 Å². The molecule has 0 spiro atoms. The van der Waals surface area contributed by atoms with Gasteiger partial charge in [-0.1, -0.05) is 22.6 Å². The summed E-state index contributed by atoms with van der Waals surface area (Å²) in [5.41, 5.74) is 0. The highest BCUT2D eigenvalue weighted by Crippen LogP contribution is 2.02. The lowest BCUT2D eigenvalue weighted by Gasteiger charge is -2.10. The molecule has 0 aliphatic rings. The van der Waals surface area contributed by atoms with E-state index in [4.69, 9.17) is 0 Å². The van der Waals surface area contributed by atoms with Crippen molar-refractivity contribution in [2.24, 2.45) is 0 Å². The van der Waals surface area contributed by atoms with Crippen molar-refractivity contribution in [1.82, 2.24) is 5.32 Å². The fraction of sp³-hybridized carbons (Fsp3) is 0.889. The molecule has 7 heteroatoms. The number of hydrogen-bond donors (Lipinski definition) is 1. The Morgan fingerprint density at radius 3 is 2.44 bits per heavy atom. The van der Waals surface area contributed by atoms with Crippen LogP contribution >= 0.6 is 22.6 Å². The molecule has 0 aliphatic carbocycles. The Kier molecular flexibility index (Phi) is 7.49. The molecule has 5 nitrogen and oxygen atoms in total. The zero-order valence-corrected chi connectivity index (χ0v) is 12.7. The Morgan fingerprint density at radius 2 is 2.00 bits per heavy atom. The Bertz CT molecular complexity index is 315. The van der Waals surface area contributed by atoms with Crippen LogP contribution in [0.4, 0.5) is 0 Å². The van der Waals surface area contributed by atoms with E-state index >= 15 is 0 Å². The summed E-state index contributed by atoms with van der Waals surface area (Å²) in [6.45, 7) is 4.09. The van der Waals surface area contributed by atoms with Crippen LogP contribution in [0.2, 0.25) is 0 Å². The Hall–Kier alpha value is 0.110. The number of methoxy groups -OCH3 is 1. The number of esters is 1. The summed E-state index contributed by atoms with van der Waals surface area (Å²) in [7, 11) is -1.67. The van der Waals surface area contributed by atoms with Crippen molar-refractivity contribution >= 4 is 38.4 Å². The normalized spacial score (nSPS) is 13.8. The van der Waals surface area contributed by atoms with Crippen molar-refractivity contribution in [1.29, 1.82) is 0 Å². The van der Waals surface area contributed by atoms with Gasteiger partial charge in [0.15, 0.2) is 9.84 Å². The van der Waals surface area contributed by atoms with Crippen LogP contribution in [0.1, 0.15) is 13.8 Å². The summed E-state index contributed by atoms with van der Waals surface area (Å²) in [6, 6.07) is 0. The first-order valence-electron chi connectivity index (χ1n) is 4.95. The van der Waals surface area contributed by atoms with Gasteiger partial charge in [-0.2, -0.15) is 0 Å². The minimum Gasteiger partial charge on any atom is -0.468 e. The molecule has 0 heterocycles. The zero-order valence-electron chi connectivity index (χ0n) is 9.70. The second-order valence-electron chi connectivity index (χ2n) is 3.61. The monoisotopic (exact) mass is 363 g/mol. The highest BCUT2D eigenvalue weighted by molar-refractivity contribution is 14.1. The molecule has 96 valence electrons. The first-order chi connectivity index (χ1) is 7.31. The number of alkyl halides is 1. The molecule has 0 radical (unpaired) electrons. The minimum atomic E-state index is -3.00. The van der Waals surface area contributed by atoms with Crippen molar-refractivity contribution in [3.8, 4) is 0 Å². The van der Waals surface area contributed by atoms with Crippen LogP contribution in [0.15, 0.2) is 0 Å². The van der Waals surface area contributed by atoms with E-state index in [1.807, 2.05) is 22.6 Å². The second kappa shape index (κ2) is 7.44. The summed E-state index contributed by atoms with van der Waals surface area (Å²) in [4.78, 5) is 11.0. The van der Waals surface area contributed by atoms with Crippen LogP contribution in [0.3, 0.4) is 0 Å². The molecular formula is C9H18INO4S. The van der Waals surface area contributed by atoms with E-state index in [2.05, 4.69) is 10.1 Å². The predicted octanol–water partition coefficient (Wildman–Crippen LogP) is 0.376. The molecule has 1 N–H and O–H groups in total. The van der Waals surface area contributed by atoms with Crippen molar-refractivity contribution in [3.05, 3.63) is 0 Å². The molecule has 0 aromatic carbocycles. The summed E-state index contributed by atoms with van der Waals surface area (Å²) in [6.07, 6.45) is 0. The largest absolute Gasteiger partial charge is 0.468 e. The van der Waals surface area contributed by atoms with Crippen LogP contribution in [0, 0.1) is 0 Å². The molecule has 0 rings (SSSR count). The third-order valence-electron chi connectivity index (χ3n) is 2.06. The smallest absolute Gasteiger partial charge is 0.319 e. The summed E-state index contributed by atoms with van der Waals surface area (Å²) >= 11 is 1.96. The fourth-order valence-corrected chi connectivity index (χ4v) is 2.36. The standard InChI is InChI=1S/C9H18INO4S/c1-7(2)16(13,14)5-4-11-6-8(10)9(12)15-3/h7-8,11H,4-6H2,1-3H3. The van der Waals surface area contributed by atoms with Crippen molar-refractivity contribution in [2.75, 3.05) is 26.0 Å². The molecule has 0 fully saturated rings. The number of carbonyl (C=O) groups excluding carboxylic acids is 1. The van der Waals surface area contributed by atoms with E-state index in [-0.39, 0.29) is 20.9 Å². The predicted molar refractivity (Wildman–Crippen MR) is 71.6 cm³/mol. The van der Waals surface area contributed by atoms with Gasteiger partial charge < -0.3 is 10.1 Å². The van der Waals surface area contributed by atoms with E-state index in [1.165, 1.54) is 7.11 Å². The van der Waals surface area contributed by atoms with E-state index in [9.17, 15) is 13.2 Å². The summed E-state index contributed by atoms with van der Waals surface area (Å²) < 4.78 is 27.1. The SMILES string of the molecule is COC(=O)C(I)CNCCS(=O)(=O)C(C)C. The number of hydrogen-bond acceptors (Lipinski definition) is 5. The third-order valence-corrected chi connectivity index (χ3v) is 5.22. The molecule has 0 amide bonds. The highest BCUT2D eigenvalue weighted by atomic mass is 127. The van der Waals surface area contributed by atoms with Crippen molar-refractivity contribution < 1.29 is 17.9 Å². The molecule has 1 atom stereocenters.